The molecule has 0 aromatic heterocycles. The van der Waals surface area contributed by atoms with E-state index in [2.05, 4.69) is 51.0 Å². The number of amides is 2. The predicted molar refractivity (Wildman–Crippen MR) is 127 cm³/mol. The van der Waals surface area contributed by atoms with Crippen LogP contribution in [0.5, 0.6) is 0 Å². The molecule has 1 heterocycles. The van der Waals surface area contributed by atoms with E-state index in [1.54, 1.807) is 5.48 Å². The molecular formula is C22H39N5O3S. The summed E-state index contributed by atoms with van der Waals surface area (Å²) in [7, 11) is 1.96. The molecule has 9 heteroatoms. The molecule has 1 aliphatic rings. The largest absolute Gasteiger partial charge is 0.388 e. The Morgan fingerprint density at radius 3 is 2.39 bits per heavy atom. The first-order chi connectivity index (χ1) is 15.1. The zero-order valence-electron chi connectivity index (χ0n) is 18.9. The van der Waals surface area contributed by atoms with Crippen LogP contribution >= 0.6 is 11.9 Å². The Kier molecular flexibility index (Phi) is 15.7. The third-order valence-corrected chi connectivity index (χ3v) is 6.08. The van der Waals surface area contributed by atoms with Crippen molar-refractivity contribution in [3.8, 4) is 0 Å². The first-order valence-electron chi connectivity index (χ1n) is 11.2. The summed E-state index contributed by atoms with van der Waals surface area (Å²) in [5, 5.41) is 13.8. The number of benzene rings is 1. The molecular weight excluding hydrogens is 414 g/mol. The molecule has 0 spiro atoms. The second-order valence-electron chi connectivity index (χ2n) is 7.41. The van der Waals surface area contributed by atoms with Gasteiger partial charge in [-0.1, -0.05) is 19.8 Å². The summed E-state index contributed by atoms with van der Waals surface area (Å²) in [6.07, 6.45) is 6.07. The molecule has 1 saturated heterocycles. The Hall–Kier alpha value is -1.81. The molecule has 1 fully saturated rings. The number of carbonyl (C=O) groups excluding carboxylic acids is 2. The van der Waals surface area contributed by atoms with Gasteiger partial charge in [0.15, 0.2) is 0 Å². The smallest absolute Gasteiger partial charge is 0.243 e. The van der Waals surface area contributed by atoms with Crippen LogP contribution in [0.3, 0.4) is 0 Å². The Balaban J connectivity index is 0.000000348. The molecule has 176 valence electrons. The highest BCUT2D eigenvalue weighted by molar-refractivity contribution is 7.97. The van der Waals surface area contributed by atoms with Crippen molar-refractivity contribution in [2.45, 2.75) is 50.3 Å². The number of piperazine rings is 1. The van der Waals surface area contributed by atoms with Crippen molar-refractivity contribution in [3.05, 3.63) is 24.3 Å². The number of hydrogen-bond donors (Lipinski definition) is 4. The summed E-state index contributed by atoms with van der Waals surface area (Å²) in [5.41, 5.74) is 2.73. The topological polar surface area (TPSA) is 96.9 Å². The summed E-state index contributed by atoms with van der Waals surface area (Å²) in [6, 6.07) is 8.67. The number of anilines is 1. The predicted octanol–water partition coefficient (Wildman–Crippen LogP) is 2.95. The molecule has 4 N–H and O–H groups in total. The van der Waals surface area contributed by atoms with Gasteiger partial charge in [0.05, 0.1) is 0 Å². The van der Waals surface area contributed by atoms with Gasteiger partial charge < -0.3 is 15.5 Å². The van der Waals surface area contributed by atoms with Crippen molar-refractivity contribution < 1.29 is 14.8 Å². The SMILES string of the molecule is CCCCN1CCN(Sc2ccc(NC)cc2)CC1.O=CNCCCCCC(=O)NO. The molecule has 0 aliphatic carbocycles. The molecule has 2 rings (SSSR count). The highest BCUT2D eigenvalue weighted by Gasteiger charge is 2.16. The molecule has 1 aromatic carbocycles. The quantitative estimate of drug-likeness (QED) is 0.120. The van der Waals surface area contributed by atoms with Crippen LogP contribution in [0.25, 0.3) is 0 Å². The fraction of sp³-hybridized carbons (Fsp3) is 0.636. The van der Waals surface area contributed by atoms with Crippen molar-refractivity contribution in [1.29, 1.82) is 0 Å². The van der Waals surface area contributed by atoms with Gasteiger partial charge in [0, 0.05) is 56.8 Å². The average molecular weight is 454 g/mol. The summed E-state index contributed by atoms with van der Waals surface area (Å²) < 4.78 is 2.48. The van der Waals surface area contributed by atoms with Crippen LogP contribution in [0.2, 0.25) is 0 Å². The normalized spacial score (nSPS) is 14.3. The van der Waals surface area contributed by atoms with Gasteiger partial charge in [0.25, 0.3) is 0 Å². The Morgan fingerprint density at radius 1 is 1.10 bits per heavy atom. The van der Waals surface area contributed by atoms with Crippen LogP contribution in [-0.4, -0.2) is 73.0 Å². The molecule has 0 radical (unpaired) electrons. The van der Waals surface area contributed by atoms with Gasteiger partial charge in [-0.2, -0.15) is 0 Å². The molecule has 0 unspecified atom stereocenters. The monoisotopic (exact) mass is 453 g/mol. The van der Waals surface area contributed by atoms with Gasteiger partial charge in [0.2, 0.25) is 12.3 Å². The second-order valence-corrected chi connectivity index (χ2v) is 8.58. The zero-order valence-corrected chi connectivity index (χ0v) is 19.8. The minimum absolute atomic E-state index is 0.331. The van der Waals surface area contributed by atoms with Crippen LogP contribution in [0.1, 0.15) is 45.4 Å². The van der Waals surface area contributed by atoms with Crippen molar-refractivity contribution in [2.24, 2.45) is 0 Å². The van der Waals surface area contributed by atoms with Crippen molar-refractivity contribution in [3.63, 3.8) is 0 Å². The van der Waals surface area contributed by atoms with Gasteiger partial charge in [0.1, 0.15) is 0 Å². The zero-order chi connectivity index (χ0) is 22.7. The summed E-state index contributed by atoms with van der Waals surface area (Å²) in [6.45, 7) is 8.94. The van der Waals surface area contributed by atoms with E-state index in [-0.39, 0.29) is 5.91 Å². The van der Waals surface area contributed by atoms with E-state index < -0.39 is 0 Å². The fourth-order valence-electron chi connectivity index (χ4n) is 3.06. The van der Waals surface area contributed by atoms with Crippen LogP contribution in [-0.2, 0) is 9.59 Å². The second kappa shape index (κ2) is 17.8. The van der Waals surface area contributed by atoms with E-state index in [0.717, 1.165) is 19.3 Å². The maximum absolute atomic E-state index is 10.5. The highest BCUT2D eigenvalue weighted by atomic mass is 32.2. The van der Waals surface area contributed by atoms with E-state index in [9.17, 15) is 9.59 Å². The minimum atomic E-state index is -0.363. The Labute approximate surface area is 191 Å². The number of nitrogens with one attached hydrogen (secondary N) is 3. The van der Waals surface area contributed by atoms with Gasteiger partial charge in [-0.3, -0.25) is 14.8 Å². The van der Waals surface area contributed by atoms with E-state index in [0.29, 0.717) is 19.4 Å². The summed E-state index contributed by atoms with van der Waals surface area (Å²) >= 11 is 1.89. The first kappa shape index (κ1) is 27.2. The van der Waals surface area contributed by atoms with E-state index >= 15 is 0 Å². The summed E-state index contributed by atoms with van der Waals surface area (Å²) in [5.74, 6) is -0.363. The number of unbranched alkanes of at least 4 members (excludes halogenated alkanes) is 3. The first-order valence-corrected chi connectivity index (χ1v) is 11.9. The number of nitrogens with zero attached hydrogens (tertiary/aromatic N) is 2. The number of hydrogen-bond acceptors (Lipinski definition) is 7. The lowest BCUT2D eigenvalue weighted by Crippen LogP contribution is -2.43. The average Bonchev–Trinajstić information content (AvgIpc) is 2.81. The Morgan fingerprint density at radius 2 is 1.81 bits per heavy atom. The Bertz CT molecular complexity index is 595. The lowest BCUT2D eigenvalue weighted by molar-refractivity contribution is -0.129. The van der Waals surface area contributed by atoms with Gasteiger partial charge >= 0.3 is 0 Å². The fourth-order valence-corrected chi connectivity index (χ4v) is 3.96. The number of carbonyl (C=O) groups is 2. The maximum atomic E-state index is 10.5. The molecule has 2 amide bonds. The standard InChI is InChI=1S/C15H25N3S.C7H14N2O3/c1-3-4-9-17-10-12-18(13-11-17)19-15-7-5-14(16-2)6-8-15;10-6-8-5-3-1-2-4-7(11)9-12/h5-8,16H,3-4,9-13H2,1-2H3;6,12H,1-5H2,(H,8,10)(H,9,11). The van der Waals surface area contributed by atoms with E-state index in [1.807, 2.05) is 19.0 Å². The number of hydroxylamine groups is 1. The summed E-state index contributed by atoms with van der Waals surface area (Å²) in [4.78, 5) is 24.2. The number of rotatable bonds is 13. The lowest BCUT2D eigenvalue weighted by atomic mass is 10.2. The van der Waals surface area contributed by atoms with Gasteiger partial charge in [-0.25, -0.2) is 9.79 Å². The van der Waals surface area contributed by atoms with Crippen LogP contribution in [0, 0.1) is 0 Å². The molecule has 1 aliphatic heterocycles. The molecule has 8 nitrogen and oxygen atoms in total. The molecule has 31 heavy (non-hydrogen) atoms. The van der Waals surface area contributed by atoms with Crippen LogP contribution in [0.4, 0.5) is 5.69 Å². The third kappa shape index (κ3) is 13.3. The van der Waals surface area contributed by atoms with Crippen LogP contribution < -0.4 is 16.1 Å². The molecule has 0 bridgehead atoms. The van der Waals surface area contributed by atoms with Gasteiger partial charge in [-0.05, 0) is 62.0 Å². The molecule has 1 aromatic rings. The van der Waals surface area contributed by atoms with Crippen molar-refractivity contribution in [2.75, 3.05) is 51.6 Å². The molecule has 0 saturated carbocycles. The minimum Gasteiger partial charge on any atom is -0.388 e. The lowest BCUT2D eigenvalue weighted by Gasteiger charge is -2.33. The maximum Gasteiger partial charge on any atom is 0.243 e. The van der Waals surface area contributed by atoms with Crippen molar-refractivity contribution >= 4 is 30.0 Å². The van der Waals surface area contributed by atoms with E-state index in [1.165, 1.54) is 56.1 Å². The third-order valence-electron chi connectivity index (χ3n) is 4.97. The highest BCUT2D eigenvalue weighted by Crippen LogP contribution is 2.25. The van der Waals surface area contributed by atoms with Crippen molar-refractivity contribution in [1.82, 2.24) is 20.0 Å². The molecule has 0 atom stereocenters. The van der Waals surface area contributed by atoms with Crippen LogP contribution in [0.15, 0.2) is 29.2 Å². The van der Waals surface area contributed by atoms with Gasteiger partial charge in [-0.15, -0.1) is 0 Å². The van der Waals surface area contributed by atoms with E-state index in [4.69, 9.17) is 5.21 Å².